The minimum absolute atomic E-state index is 0.0380. The van der Waals surface area contributed by atoms with Crippen molar-refractivity contribution in [2.24, 2.45) is 0 Å². The molecule has 1 aliphatic rings. The number of piperazine rings is 1. The van der Waals surface area contributed by atoms with Crippen LogP contribution in [0.4, 0.5) is 4.39 Å². The lowest BCUT2D eigenvalue weighted by molar-refractivity contribution is -0.896. The molecular weight excluding hydrogens is 377 g/mol. The number of benzene rings is 1. The highest BCUT2D eigenvalue weighted by Crippen LogP contribution is 2.24. The van der Waals surface area contributed by atoms with E-state index in [1.54, 1.807) is 6.07 Å². The summed E-state index contributed by atoms with van der Waals surface area (Å²) in [6.45, 7) is 9.12. The molecule has 0 bridgehead atoms. The number of quaternary nitrogens is 1. The Morgan fingerprint density at radius 1 is 1.31 bits per heavy atom. The molecule has 1 saturated heterocycles. The van der Waals surface area contributed by atoms with E-state index in [1.165, 1.54) is 28.8 Å². The molecule has 2 N–H and O–H groups in total. The third-order valence-electron chi connectivity index (χ3n) is 4.00. The molecule has 1 aliphatic heterocycles. The first-order valence-corrected chi connectivity index (χ1v) is 10.0. The maximum atomic E-state index is 13.2. The Labute approximate surface area is 163 Å². The van der Waals surface area contributed by atoms with Gasteiger partial charge < -0.3 is 15.1 Å². The molecule has 2 amide bonds. The number of carbonyl (C=O) groups excluding carboxylic acids is 2. The molecule has 0 aromatic heterocycles. The molecule has 0 unspecified atom stereocenters. The van der Waals surface area contributed by atoms with E-state index in [9.17, 15) is 14.0 Å². The zero-order valence-electron chi connectivity index (χ0n) is 15.4. The second-order valence-corrected chi connectivity index (χ2v) is 8.93. The summed E-state index contributed by atoms with van der Waals surface area (Å²) in [5, 5.41) is 3.03. The minimum atomic E-state index is -0.461. The highest BCUT2D eigenvalue weighted by Gasteiger charge is 2.26. The normalized spacial score (nSPS) is 15.8. The molecule has 1 aromatic rings. The van der Waals surface area contributed by atoms with Gasteiger partial charge in [-0.1, -0.05) is 11.6 Å². The lowest BCUT2D eigenvalue weighted by Gasteiger charge is -2.32. The third-order valence-corrected chi connectivity index (χ3v) is 5.27. The van der Waals surface area contributed by atoms with Crippen molar-refractivity contribution in [1.29, 1.82) is 0 Å². The monoisotopic (exact) mass is 402 g/mol. The van der Waals surface area contributed by atoms with Gasteiger partial charge >= 0.3 is 0 Å². The van der Waals surface area contributed by atoms with Gasteiger partial charge in [0.25, 0.3) is 5.91 Å². The summed E-state index contributed by atoms with van der Waals surface area (Å²) in [7, 11) is 0. The van der Waals surface area contributed by atoms with Gasteiger partial charge in [0.05, 0.1) is 37.0 Å². The van der Waals surface area contributed by atoms with Gasteiger partial charge in [-0.15, -0.1) is 11.8 Å². The molecule has 5 nitrogen and oxygen atoms in total. The fraction of sp³-hybridized carbons (Fsp3) is 0.556. The van der Waals surface area contributed by atoms with Gasteiger partial charge in [-0.25, -0.2) is 4.39 Å². The molecule has 0 spiro atoms. The Balaban J connectivity index is 1.74. The van der Waals surface area contributed by atoms with Gasteiger partial charge in [0.2, 0.25) is 5.91 Å². The molecule has 1 aromatic carbocycles. The van der Waals surface area contributed by atoms with Gasteiger partial charge in [0, 0.05) is 10.4 Å². The zero-order chi connectivity index (χ0) is 19.3. The Hall–Kier alpha value is -1.31. The predicted molar refractivity (Wildman–Crippen MR) is 102 cm³/mol. The van der Waals surface area contributed by atoms with Crippen LogP contribution in [0.3, 0.4) is 0 Å². The van der Waals surface area contributed by atoms with Crippen LogP contribution < -0.4 is 10.2 Å². The molecule has 0 saturated carbocycles. The Kier molecular flexibility index (Phi) is 7.32. The minimum Gasteiger partial charge on any atom is -0.347 e. The number of halogens is 2. The van der Waals surface area contributed by atoms with E-state index in [2.05, 4.69) is 5.32 Å². The average Bonchev–Trinajstić information content (AvgIpc) is 2.54. The second-order valence-electron chi connectivity index (χ2n) is 7.47. The molecule has 0 atom stereocenters. The van der Waals surface area contributed by atoms with Crippen molar-refractivity contribution in [1.82, 2.24) is 10.2 Å². The number of carbonyl (C=O) groups is 2. The zero-order valence-corrected chi connectivity index (χ0v) is 17.0. The van der Waals surface area contributed by atoms with Crippen molar-refractivity contribution in [2.45, 2.75) is 31.2 Å². The first kappa shape index (κ1) is 21.0. The van der Waals surface area contributed by atoms with Crippen LogP contribution in [-0.2, 0) is 9.59 Å². The summed E-state index contributed by atoms with van der Waals surface area (Å²) in [6, 6.07) is 4.46. The fourth-order valence-electron chi connectivity index (χ4n) is 2.74. The van der Waals surface area contributed by atoms with Crippen molar-refractivity contribution in [2.75, 3.05) is 38.5 Å². The summed E-state index contributed by atoms with van der Waals surface area (Å²) in [6.07, 6.45) is 0. The number of nitrogens with zero attached hydrogens (tertiary/aromatic N) is 1. The molecule has 26 heavy (non-hydrogen) atoms. The van der Waals surface area contributed by atoms with Gasteiger partial charge in [-0.2, -0.15) is 0 Å². The topological polar surface area (TPSA) is 53.9 Å². The fourth-order valence-corrected chi connectivity index (χ4v) is 3.83. The summed E-state index contributed by atoms with van der Waals surface area (Å²) < 4.78 is 13.2. The molecule has 2 rings (SSSR count). The van der Waals surface area contributed by atoms with Crippen LogP contribution in [0.5, 0.6) is 0 Å². The van der Waals surface area contributed by atoms with Crippen LogP contribution in [0.1, 0.15) is 20.8 Å². The smallest absolute Gasteiger partial charge is 0.275 e. The molecule has 0 radical (unpaired) electrons. The SMILES string of the molecule is CC(C)(C)NC(=O)C[NH+]1CCN(C(=O)CSc2ccc(F)c(Cl)c2)CC1. The maximum Gasteiger partial charge on any atom is 0.275 e. The van der Waals surface area contributed by atoms with E-state index in [1.807, 2.05) is 25.7 Å². The highest BCUT2D eigenvalue weighted by molar-refractivity contribution is 8.00. The number of hydrogen-bond acceptors (Lipinski definition) is 3. The molecule has 1 heterocycles. The number of hydrogen-bond donors (Lipinski definition) is 2. The second kappa shape index (κ2) is 9.06. The standard InChI is InChI=1S/C18H25ClFN3O2S/c1-18(2,3)21-16(24)11-22-6-8-23(9-7-22)17(25)12-26-13-4-5-15(20)14(19)10-13/h4-5,10H,6-9,11-12H2,1-3H3,(H,21,24)/p+1. The van der Waals surface area contributed by atoms with E-state index in [4.69, 9.17) is 11.6 Å². The van der Waals surface area contributed by atoms with Crippen molar-refractivity contribution in [3.63, 3.8) is 0 Å². The van der Waals surface area contributed by atoms with Crippen molar-refractivity contribution >= 4 is 35.2 Å². The molecular formula is C18H26ClFN3O2S+. The lowest BCUT2D eigenvalue weighted by Crippen LogP contribution is -3.16. The number of nitrogens with one attached hydrogen (secondary N) is 2. The summed E-state index contributed by atoms with van der Waals surface area (Å²) >= 11 is 7.11. The van der Waals surface area contributed by atoms with E-state index >= 15 is 0 Å². The predicted octanol–water partition coefficient (Wildman–Crippen LogP) is 1.21. The van der Waals surface area contributed by atoms with E-state index in [-0.39, 0.29) is 22.4 Å². The quantitative estimate of drug-likeness (QED) is 0.728. The van der Waals surface area contributed by atoms with Crippen molar-refractivity contribution in [3.05, 3.63) is 29.0 Å². The van der Waals surface area contributed by atoms with Crippen molar-refractivity contribution < 1.29 is 18.9 Å². The largest absolute Gasteiger partial charge is 0.347 e. The van der Waals surface area contributed by atoms with Gasteiger partial charge in [-0.3, -0.25) is 9.59 Å². The van der Waals surface area contributed by atoms with E-state index in [0.717, 1.165) is 18.0 Å². The van der Waals surface area contributed by atoms with Gasteiger partial charge in [0.1, 0.15) is 5.82 Å². The first-order valence-electron chi connectivity index (χ1n) is 8.64. The van der Waals surface area contributed by atoms with E-state index in [0.29, 0.717) is 25.4 Å². The average molecular weight is 403 g/mol. The first-order chi connectivity index (χ1) is 12.1. The maximum absolute atomic E-state index is 13.2. The van der Waals surface area contributed by atoms with Crippen LogP contribution in [0.15, 0.2) is 23.1 Å². The Morgan fingerprint density at radius 3 is 2.54 bits per heavy atom. The molecule has 8 heteroatoms. The molecule has 144 valence electrons. The number of rotatable bonds is 5. The van der Waals surface area contributed by atoms with Crippen LogP contribution in [-0.4, -0.2) is 60.7 Å². The van der Waals surface area contributed by atoms with Crippen LogP contribution in [0.25, 0.3) is 0 Å². The van der Waals surface area contributed by atoms with E-state index < -0.39 is 5.82 Å². The van der Waals surface area contributed by atoms with Crippen molar-refractivity contribution in [3.8, 4) is 0 Å². The Bertz CT molecular complexity index is 658. The van der Waals surface area contributed by atoms with Crippen LogP contribution in [0.2, 0.25) is 5.02 Å². The Morgan fingerprint density at radius 2 is 1.96 bits per heavy atom. The van der Waals surface area contributed by atoms with Gasteiger partial charge in [0.15, 0.2) is 6.54 Å². The third kappa shape index (κ3) is 6.78. The summed E-state index contributed by atoms with van der Waals surface area (Å²) in [5.41, 5.74) is -0.227. The summed E-state index contributed by atoms with van der Waals surface area (Å²) in [5.74, 6) is -0.0801. The molecule has 0 aliphatic carbocycles. The number of amides is 2. The lowest BCUT2D eigenvalue weighted by atomic mass is 10.1. The molecule has 1 fully saturated rings. The van der Waals surface area contributed by atoms with Crippen LogP contribution >= 0.6 is 23.4 Å². The van der Waals surface area contributed by atoms with Crippen LogP contribution in [0, 0.1) is 5.82 Å². The summed E-state index contributed by atoms with van der Waals surface area (Å²) in [4.78, 5) is 28.1. The number of thioether (sulfide) groups is 1. The highest BCUT2D eigenvalue weighted by atomic mass is 35.5. The van der Waals surface area contributed by atoms with Gasteiger partial charge in [-0.05, 0) is 39.0 Å².